The highest BCUT2D eigenvalue weighted by molar-refractivity contribution is 5.80. The quantitative estimate of drug-likeness (QED) is 0.392. The lowest BCUT2D eigenvalue weighted by atomic mass is 9.88. The second kappa shape index (κ2) is 12.4. The molecule has 0 spiro atoms. The van der Waals surface area contributed by atoms with Gasteiger partial charge in [0.2, 0.25) is 5.91 Å². The number of nitrogens with zero attached hydrogens (tertiary/aromatic N) is 2. The lowest BCUT2D eigenvalue weighted by molar-refractivity contribution is -0.166. The number of ether oxygens (including phenoxy) is 1. The van der Waals surface area contributed by atoms with Crippen molar-refractivity contribution in [3.63, 3.8) is 0 Å². The van der Waals surface area contributed by atoms with Crippen molar-refractivity contribution < 1.29 is 40.3 Å². The Kier molecular flexibility index (Phi) is 9.39. The number of hydrogen-bond acceptors (Lipinski definition) is 4. The van der Waals surface area contributed by atoms with E-state index in [2.05, 4.69) is 10.3 Å². The molecule has 4 atom stereocenters. The van der Waals surface area contributed by atoms with Gasteiger partial charge in [0.15, 0.2) is 0 Å². The van der Waals surface area contributed by atoms with Gasteiger partial charge < -0.3 is 10.1 Å². The number of alkyl halides is 5. The summed E-state index contributed by atoms with van der Waals surface area (Å²) in [6.45, 7) is 4.52. The van der Waals surface area contributed by atoms with Crippen molar-refractivity contribution in [2.24, 2.45) is 0 Å². The van der Waals surface area contributed by atoms with E-state index in [0.717, 1.165) is 24.4 Å². The summed E-state index contributed by atoms with van der Waals surface area (Å²) in [7, 11) is 0. The predicted octanol–water partition coefficient (Wildman–Crippen LogP) is 6.02. The van der Waals surface area contributed by atoms with Crippen molar-refractivity contribution in [3.05, 3.63) is 53.2 Å². The van der Waals surface area contributed by atoms with Crippen molar-refractivity contribution in [2.45, 2.75) is 88.8 Å². The first kappa shape index (κ1) is 30.2. The van der Waals surface area contributed by atoms with E-state index in [0.29, 0.717) is 19.0 Å². The van der Waals surface area contributed by atoms with Gasteiger partial charge in [-0.25, -0.2) is 30.7 Å². The third kappa shape index (κ3) is 6.94. The predicted molar refractivity (Wildman–Crippen MR) is 134 cm³/mol. The molecule has 1 aliphatic heterocycles. The van der Waals surface area contributed by atoms with Crippen LogP contribution in [0.4, 0.5) is 30.7 Å². The highest BCUT2D eigenvalue weighted by Crippen LogP contribution is 2.37. The fourth-order valence-corrected chi connectivity index (χ4v) is 5.46. The Bertz CT molecular complexity index is 1180. The molecule has 220 valence electrons. The summed E-state index contributed by atoms with van der Waals surface area (Å²) in [5.41, 5.74) is -1.65. The molecule has 12 heteroatoms. The van der Waals surface area contributed by atoms with Gasteiger partial charge in [0.25, 0.3) is 12.3 Å². The largest absolute Gasteiger partial charge is 0.369 e. The Hall–Kier alpha value is -2.73. The molecule has 2 aliphatic rings. The smallest absolute Gasteiger partial charge is 0.270 e. The molecule has 1 aliphatic carbocycles. The number of likely N-dealkylation sites (tertiary alicyclic amines) is 1. The van der Waals surface area contributed by atoms with Crippen LogP contribution in [-0.2, 0) is 16.0 Å². The molecule has 2 aromatic rings. The molecule has 2 heterocycles. The lowest BCUT2D eigenvalue weighted by Crippen LogP contribution is -2.59. The zero-order valence-electron chi connectivity index (χ0n) is 22.2. The van der Waals surface area contributed by atoms with Crippen LogP contribution < -0.4 is 5.32 Å². The number of amides is 1. The van der Waals surface area contributed by atoms with E-state index in [9.17, 15) is 26.7 Å². The summed E-state index contributed by atoms with van der Waals surface area (Å²) >= 11 is 0. The van der Waals surface area contributed by atoms with Crippen molar-refractivity contribution in [2.75, 3.05) is 13.1 Å². The highest BCUT2D eigenvalue weighted by Gasteiger charge is 2.49. The van der Waals surface area contributed by atoms with Crippen LogP contribution in [0.1, 0.15) is 57.1 Å². The molecule has 1 aromatic heterocycles. The van der Waals surface area contributed by atoms with Crippen LogP contribution in [-0.4, -0.2) is 65.3 Å². The Balaban J connectivity index is 1.52. The first-order valence-corrected chi connectivity index (χ1v) is 13.3. The Morgan fingerprint density at radius 1 is 1.15 bits per heavy atom. The standard InChI is InChI=1S/C28H32F7N3O2/c1-15(2)38-9-6-21(20(31)14-38)40-22-4-3-7-28(34,35)26(22)37-23(39)12-16-5-8-36-25(24(16)27(32)33)17-10-18(29)13-19(30)11-17/h5,8,10-11,13,15,20-22,26-27H,3-4,6-7,9,12,14H2,1-2H3,(H,37,39)/t20-,21+,22+,26-/m1/s1. The molecule has 1 amide bonds. The zero-order chi connectivity index (χ0) is 29.2. The molecule has 1 aromatic carbocycles. The molecule has 4 rings (SSSR count). The minimum atomic E-state index is -3.36. The van der Waals surface area contributed by atoms with E-state index < -0.39 is 78.4 Å². The number of aromatic nitrogens is 1. The molecule has 1 saturated heterocycles. The number of pyridine rings is 1. The maximum absolute atomic E-state index is 15.0. The van der Waals surface area contributed by atoms with Crippen LogP contribution in [0.15, 0.2) is 30.5 Å². The van der Waals surface area contributed by atoms with Gasteiger partial charge in [-0.2, -0.15) is 0 Å². The van der Waals surface area contributed by atoms with Gasteiger partial charge in [-0.3, -0.25) is 14.7 Å². The van der Waals surface area contributed by atoms with Crippen molar-refractivity contribution >= 4 is 5.91 Å². The molecule has 0 radical (unpaired) electrons. The van der Waals surface area contributed by atoms with Gasteiger partial charge in [-0.05, 0) is 56.9 Å². The van der Waals surface area contributed by atoms with Gasteiger partial charge in [0.1, 0.15) is 23.8 Å². The maximum atomic E-state index is 15.0. The Labute approximate surface area is 228 Å². The zero-order valence-corrected chi connectivity index (χ0v) is 22.2. The van der Waals surface area contributed by atoms with Crippen molar-refractivity contribution in [1.29, 1.82) is 0 Å². The number of carbonyl (C=O) groups excluding carboxylic acids is 1. The van der Waals surface area contributed by atoms with E-state index in [4.69, 9.17) is 4.74 Å². The molecule has 0 unspecified atom stereocenters. The van der Waals surface area contributed by atoms with E-state index >= 15 is 8.78 Å². The molecule has 1 N–H and O–H groups in total. The molecule has 2 fully saturated rings. The minimum absolute atomic E-state index is 0.110. The van der Waals surface area contributed by atoms with Gasteiger partial charge in [0, 0.05) is 48.9 Å². The summed E-state index contributed by atoms with van der Waals surface area (Å²) in [5.74, 6) is -6.35. The Morgan fingerprint density at radius 3 is 2.48 bits per heavy atom. The van der Waals surface area contributed by atoms with Crippen LogP contribution in [0.2, 0.25) is 0 Å². The van der Waals surface area contributed by atoms with Gasteiger partial charge in [-0.1, -0.05) is 0 Å². The van der Waals surface area contributed by atoms with Crippen molar-refractivity contribution in [3.8, 4) is 11.3 Å². The summed E-state index contributed by atoms with van der Waals surface area (Å²) in [6, 6.07) is 1.70. The summed E-state index contributed by atoms with van der Waals surface area (Å²) < 4.78 is 106. The van der Waals surface area contributed by atoms with E-state index in [1.165, 1.54) is 0 Å². The van der Waals surface area contributed by atoms with Crippen LogP contribution >= 0.6 is 0 Å². The molecular formula is C28H32F7N3O2. The van der Waals surface area contributed by atoms with E-state index in [1.54, 1.807) is 0 Å². The first-order valence-electron chi connectivity index (χ1n) is 13.3. The fourth-order valence-electron chi connectivity index (χ4n) is 5.46. The van der Waals surface area contributed by atoms with Crippen molar-refractivity contribution in [1.82, 2.24) is 15.2 Å². The number of benzene rings is 1. The summed E-state index contributed by atoms with van der Waals surface area (Å²) in [6.07, 6.45) is -6.20. The Morgan fingerprint density at radius 2 is 1.85 bits per heavy atom. The third-order valence-corrected chi connectivity index (χ3v) is 7.52. The minimum Gasteiger partial charge on any atom is -0.369 e. The topological polar surface area (TPSA) is 54.5 Å². The highest BCUT2D eigenvalue weighted by atomic mass is 19.3. The van der Waals surface area contributed by atoms with Crippen LogP contribution in [0.3, 0.4) is 0 Å². The van der Waals surface area contributed by atoms with Crippen LogP contribution in [0.25, 0.3) is 11.3 Å². The average molecular weight is 576 g/mol. The lowest BCUT2D eigenvalue weighted by Gasteiger charge is -2.42. The third-order valence-electron chi connectivity index (χ3n) is 7.52. The van der Waals surface area contributed by atoms with Crippen LogP contribution in [0.5, 0.6) is 0 Å². The molecule has 40 heavy (non-hydrogen) atoms. The normalized spacial score (nSPS) is 25.4. The first-order chi connectivity index (χ1) is 18.9. The second-order valence-corrected chi connectivity index (χ2v) is 10.7. The summed E-state index contributed by atoms with van der Waals surface area (Å²) in [4.78, 5) is 18.7. The van der Waals surface area contributed by atoms with Gasteiger partial charge >= 0.3 is 0 Å². The second-order valence-electron chi connectivity index (χ2n) is 10.7. The SMILES string of the molecule is CC(C)N1CC[C@H](O[C@H]2CCCC(F)(F)[C@@H]2NC(=O)Cc2ccnc(-c3cc(F)cc(F)c3)c2C(F)F)[C@H](F)C1. The number of nitrogens with one attached hydrogen (secondary N) is 1. The average Bonchev–Trinajstić information content (AvgIpc) is 2.86. The fraction of sp³-hybridized carbons (Fsp3) is 0.571. The van der Waals surface area contributed by atoms with Crippen LogP contribution in [0, 0.1) is 11.6 Å². The molecule has 5 nitrogen and oxygen atoms in total. The number of piperidine rings is 1. The molecule has 0 bridgehead atoms. The number of carbonyl (C=O) groups is 1. The number of halogens is 7. The van der Waals surface area contributed by atoms with E-state index in [-0.39, 0.29) is 36.6 Å². The molecule has 1 saturated carbocycles. The van der Waals surface area contributed by atoms with Gasteiger partial charge in [0.05, 0.1) is 24.3 Å². The molecular weight excluding hydrogens is 543 g/mol. The monoisotopic (exact) mass is 575 g/mol. The maximum Gasteiger partial charge on any atom is 0.270 e. The summed E-state index contributed by atoms with van der Waals surface area (Å²) in [5, 5.41) is 2.25. The number of rotatable bonds is 8. The van der Waals surface area contributed by atoms with E-state index in [1.807, 2.05) is 18.7 Å². The van der Waals surface area contributed by atoms with Gasteiger partial charge in [-0.15, -0.1) is 0 Å². The number of hydrogen-bond donors (Lipinski definition) is 1.